The monoisotopic (exact) mass is 780 g/mol. The molecule has 0 amide bonds. The third-order valence-corrected chi connectivity index (χ3v) is 15.0. The minimum Gasteiger partial charge on any atom is -0.493 e. The quantitative estimate of drug-likeness (QED) is 0.0470. The predicted molar refractivity (Wildman–Crippen MR) is 236 cm³/mol. The molecule has 7 heteroatoms. The second-order valence-electron chi connectivity index (χ2n) is 14.3. The third kappa shape index (κ3) is 12.7. The highest BCUT2D eigenvalue weighted by molar-refractivity contribution is 6.92. The van der Waals surface area contributed by atoms with Crippen molar-refractivity contribution >= 4 is 38.8 Å². The fraction of sp³-hybridized carbons (Fsp3) is 0.500. The molecule has 0 N–H and O–H groups in total. The van der Waals surface area contributed by atoms with Gasteiger partial charge in [-0.1, -0.05) is 130 Å². The Morgan fingerprint density at radius 1 is 0.345 bits per heavy atom. The molecule has 4 aromatic carbocycles. The van der Waals surface area contributed by atoms with Crippen molar-refractivity contribution < 1.29 is 23.1 Å². The van der Waals surface area contributed by atoms with Crippen molar-refractivity contribution in [2.45, 2.75) is 132 Å². The van der Waals surface area contributed by atoms with E-state index in [1.54, 1.807) is 0 Å². The summed E-state index contributed by atoms with van der Waals surface area (Å²) < 4.78 is 33.7. The molecule has 0 heterocycles. The SMILES string of the molecule is CCCCOc1cc([Si](O[Si](c2ccc(CC)c(OCCCC)c2)c2ccc(CC)c(OCCCC)c2)c2ccc(CC)c(OCCCC)c2)ccc1CC. The minimum absolute atomic E-state index is 0.709. The number of hydrogen-bond donors (Lipinski definition) is 0. The molecular formula is C48H68O5Si2. The second kappa shape index (κ2) is 24.2. The summed E-state index contributed by atoms with van der Waals surface area (Å²) >= 11 is 0. The topological polar surface area (TPSA) is 46.2 Å². The van der Waals surface area contributed by atoms with Crippen LogP contribution in [0.4, 0.5) is 0 Å². The van der Waals surface area contributed by atoms with Crippen molar-refractivity contribution in [2.24, 2.45) is 0 Å². The number of ether oxygens (including phenoxy) is 4. The highest BCUT2D eigenvalue weighted by Gasteiger charge is 2.31. The van der Waals surface area contributed by atoms with Gasteiger partial charge in [0.1, 0.15) is 23.0 Å². The molecule has 0 aromatic heterocycles. The predicted octanol–water partition coefficient (Wildman–Crippen LogP) is 9.58. The van der Waals surface area contributed by atoms with Crippen molar-refractivity contribution in [1.82, 2.24) is 0 Å². The lowest BCUT2D eigenvalue weighted by Gasteiger charge is -2.26. The molecule has 0 unspecified atom stereocenters. The Hall–Kier alpha value is -3.53. The molecule has 4 aromatic rings. The molecule has 0 atom stereocenters. The van der Waals surface area contributed by atoms with E-state index in [4.69, 9.17) is 23.1 Å². The van der Waals surface area contributed by atoms with Gasteiger partial charge in [0.05, 0.1) is 26.4 Å². The number of hydrogen-bond acceptors (Lipinski definition) is 5. The summed E-state index contributed by atoms with van der Waals surface area (Å²) in [7, 11) is -3.68. The molecule has 0 bridgehead atoms. The van der Waals surface area contributed by atoms with Gasteiger partial charge >= 0.3 is 0 Å². The lowest BCUT2D eigenvalue weighted by molar-refractivity contribution is 0.306. The number of rotatable bonds is 26. The Labute approximate surface area is 337 Å². The Balaban J connectivity index is 1.94. The van der Waals surface area contributed by atoms with Gasteiger partial charge in [0.25, 0.3) is 18.1 Å². The fourth-order valence-corrected chi connectivity index (χ4v) is 11.8. The van der Waals surface area contributed by atoms with Gasteiger partial charge in [0, 0.05) is 0 Å². The molecule has 0 saturated carbocycles. The summed E-state index contributed by atoms with van der Waals surface area (Å²) in [6, 6.07) is 27.2. The number of benzene rings is 4. The largest absolute Gasteiger partial charge is 0.493 e. The van der Waals surface area contributed by atoms with Crippen LogP contribution in [-0.2, 0) is 29.8 Å². The molecule has 0 aliphatic heterocycles. The van der Waals surface area contributed by atoms with E-state index in [9.17, 15) is 0 Å². The van der Waals surface area contributed by atoms with E-state index < -0.39 is 18.1 Å². The molecular weight excluding hydrogens is 713 g/mol. The first-order valence-corrected chi connectivity index (χ1v) is 24.2. The van der Waals surface area contributed by atoms with E-state index >= 15 is 0 Å². The summed E-state index contributed by atoms with van der Waals surface area (Å²) in [4.78, 5) is 0. The Morgan fingerprint density at radius 3 is 0.782 bits per heavy atom. The maximum atomic E-state index is 7.79. The minimum atomic E-state index is -1.84. The van der Waals surface area contributed by atoms with Crippen LogP contribution in [0.2, 0.25) is 0 Å². The molecule has 0 aliphatic rings. The zero-order chi connectivity index (χ0) is 39.4. The first-order valence-electron chi connectivity index (χ1n) is 21.4. The average Bonchev–Trinajstić information content (AvgIpc) is 3.21. The lowest BCUT2D eigenvalue weighted by Crippen LogP contribution is -2.56. The molecule has 298 valence electrons. The van der Waals surface area contributed by atoms with E-state index in [1.807, 2.05) is 0 Å². The van der Waals surface area contributed by atoms with Crippen LogP contribution >= 0.6 is 0 Å². The molecule has 0 saturated heterocycles. The van der Waals surface area contributed by atoms with Gasteiger partial charge < -0.3 is 23.1 Å². The molecule has 0 aliphatic carbocycles. The Bertz CT molecular complexity index is 1480. The third-order valence-electron chi connectivity index (χ3n) is 10.1. The standard InChI is InChI=1S/C48H68O5Si2/c1-9-17-29-49-45-33-41(25-21-37(45)13-5)54(42-26-22-38(14-6)46(34-42)50-30-18-10-2)53-55(43-27-23-39(15-7)47(35-43)51-31-19-11-3)44-28-24-40(16-8)48(36-44)52-32-20-12-4/h21-28,33-36H,9-20,29-32H2,1-8H3. The van der Waals surface area contributed by atoms with Crippen molar-refractivity contribution in [3.63, 3.8) is 0 Å². The van der Waals surface area contributed by atoms with Gasteiger partial charge in [-0.25, -0.2) is 0 Å². The molecule has 0 spiro atoms. The van der Waals surface area contributed by atoms with Crippen LogP contribution in [0.15, 0.2) is 72.8 Å². The first-order chi connectivity index (χ1) is 26.9. The molecule has 2 radical (unpaired) electrons. The Kier molecular flexibility index (Phi) is 19.4. The molecule has 55 heavy (non-hydrogen) atoms. The number of aryl methyl sites for hydroxylation is 4. The summed E-state index contributed by atoms with van der Waals surface area (Å²) in [5, 5.41) is 4.70. The van der Waals surface area contributed by atoms with Crippen LogP contribution in [0.5, 0.6) is 23.0 Å². The van der Waals surface area contributed by atoms with Crippen molar-refractivity contribution in [1.29, 1.82) is 0 Å². The smallest absolute Gasteiger partial charge is 0.272 e. The summed E-state index contributed by atoms with van der Waals surface area (Å²) in [6.07, 6.45) is 12.1. The lowest BCUT2D eigenvalue weighted by atomic mass is 10.1. The van der Waals surface area contributed by atoms with Gasteiger partial charge in [0.15, 0.2) is 0 Å². The van der Waals surface area contributed by atoms with Crippen LogP contribution in [0.1, 0.15) is 129 Å². The zero-order valence-corrected chi connectivity index (χ0v) is 37.3. The van der Waals surface area contributed by atoms with Crippen LogP contribution in [0, 0.1) is 0 Å². The number of unbranched alkanes of at least 4 members (excludes halogenated alkanes) is 4. The Morgan fingerprint density at radius 2 is 0.582 bits per heavy atom. The van der Waals surface area contributed by atoms with E-state index in [0.29, 0.717) is 26.4 Å². The van der Waals surface area contributed by atoms with Gasteiger partial charge in [-0.2, -0.15) is 0 Å². The van der Waals surface area contributed by atoms with Crippen LogP contribution < -0.4 is 39.7 Å². The summed E-state index contributed by atoms with van der Waals surface area (Å²) in [5.41, 5.74) is 4.91. The van der Waals surface area contributed by atoms with Gasteiger partial charge in [0.2, 0.25) is 0 Å². The summed E-state index contributed by atoms with van der Waals surface area (Å²) in [5.74, 6) is 3.87. The van der Waals surface area contributed by atoms with Gasteiger partial charge in [-0.3, -0.25) is 0 Å². The van der Waals surface area contributed by atoms with Gasteiger partial charge in [-0.15, -0.1) is 0 Å². The highest BCUT2D eigenvalue weighted by atomic mass is 28.4. The first kappa shape index (κ1) is 44.2. The van der Waals surface area contributed by atoms with Crippen LogP contribution in [0.3, 0.4) is 0 Å². The van der Waals surface area contributed by atoms with E-state index in [1.165, 1.54) is 43.0 Å². The zero-order valence-electron chi connectivity index (χ0n) is 35.3. The van der Waals surface area contributed by atoms with Crippen molar-refractivity contribution in [2.75, 3.05) is 26.4 Å². The average molecular weight is 781 g/mol. The second-order valence-corrected chi connectivity index (χ2v) is 18.7. The van der Waals surface area contributed by atoms with Crippen LogP contribution in [-0.4, -0.2) is 44.5 Å². The van der Waals surface area contributed by atoms with Gasteiger partial charge in [-0.05, 0) is 119 Å². The van der Waals surface area contributed by atoms with Crippen molar-refractivity contribution in [3.05, 3.63) is 95.1 Å². The molecule has 5 nitrogen and oxygen atoms in total. The maximum Gasteiger partial charge on any atom is 0.272 e. The fourth-order valence-electron chi connectivity index (χ4n) is 6.47. The van der Waals surface area contributed by atoms with E-state index in [0.717, 1.165) is 100 Å². The normalized spacial score (nSPS) is 11.4. The summed E-state index contributed by atoms with van der Waals surface area (Å²) in [6.45, 7) is 20.5. The molecule has 0 fully saturated rings. The molecule has 4 rings (SSSR count). The maximum absolute atomic E-state index is 7.79. The van der Waals surface area contributed by atoms with Crippen molar-refractivity contribution in [3.8, 4) is 23.0 Å². The van der Waals surface area contributed by atoms with E-state index in [-0.39, 0.29) is 0 Å². The van der Waals surface area contributed by atoms with Crippen LogP contribution in [0.25, 0.3) is 0 Å². The highest BCUT2D eigenvalue weighted by Crippen LogP contribution is 2.24. The van der Waals surface area contributed by atoms with E-state index in [2.05, 4.69) is 128 Å².